The number of aromatic nitrogens is 2. The average Bonchev–Trinajstić information content (AvgIpc) is 2.88. The van der Waals surface area contributed by atoms with E-state index < -0.39 is 0 Å². The van der Waals surface area contributed by atoms with Crippen molar-refractivity contribution in [2.24, 2.45) is 7.05 Å². The Morgan fingerprint density at radius 3 is 2.59 bits per heavy atom. The molecule has 1 aromatic carbocycles. The predicted octanol–water partition coefficient (Wildman–Crippen LogP) is 4.38. The summed E-state index contributed by atoms with van der Waals surface area (Å²) >= 11 is 13.8. The quantitative estimate of drug-likeness (QED) is 0.641. The number of imidazole rings is 1. The van der Waals surface area contributed by atoms with Crippen LogP contribution in [0.3, 0.4) is 0 Å². The molecule has 2 atom stereocenters. The first-order valence-electron chi connectivity index (χ1n) is 7.48. The van der Waals surface area contributed by atoms with E-state index in [1.54, 1.807) is 0 Å². The van der Waals surface area contributed by atoms with Crippen LogP contribution in [0, 0.1) is 4.77 Å². The molecular weight excluding hydrogens is 334 g/mol. The maximum Gasteiger partial charge on any atom is 0.177 e. The van der Waals surface area contributed by atoms with E-state index in [-0.39, 0.29) is 0 Å². The molecule has 2 aromatic rings. The van der Waals surface area contributed by atoms with Crippen LogP contribution in [0.5, 0.6) is 0 Å². The summed E-state index contributed by atoms with van der Waals surface area (Å²) in [6.07, 6.45) is 7.08. The number of hydrogen-bond donors (Lipinski definition) is 1. The largest absolute Gasteiger partial charge is 0.329 e. The monoisotopic (exact) mass is 351 g/mol. The van der Waals surface area contributed by atoms with Gasteiger partial charge in [-0.25, -0.2) is 0 Å². The van der Waals surface area contributed by atoms with Crippen LogP contribution < -0.4 is 0 Å². The molecule has 22 heavy (non-hydrogen) atoms. The minimum absolute atomic E-state index is 0.585. The van der Waals surface area contributed by atoms with E-state index in [0.717, 1.165) is 21.0 Å². The molecule has 0 spiro atoms. The molecule has 2 aliphatic rings. The molecule has 1 aromatic heterocycles. The zero-order valence-corrected chi connectivity index (χ0v) is 14.9. The highest BCUT2D eigenvalue weighted by molar-refractivity contribution is 8.00. The van der Waals surface area contributed by atoms with Gasteiger partial charge < -0.3 is 9.55 Å². The number of H-pyrrole nitrogens is 1. The summed E-state index contributed by atoms with van der Waals surface area (Å²) < 4.78 is 2.67. The third kappa shape index (κ3) is 2.26. The van der Waals surface area contributed by atoms with Gasteiger partial charge >= 0.3 is 0 Å². The Labute approximate surface area is 144 Å². The summed E-state index contributed by atoms with van der Waals surface area (Å²) in [6.45, 7) is 0. The van der Waals surface area contributed by atoms with Gasteiger partial charge in [0.1, 0.15) is 0 Å². The van der Waals surface area contributed by atoms with Gasteiger partial charge in [-0.05, 0) is 44.2 Å². The number of aromatic amines is 1. The topological polar surface area (TPSA) is 24.0 Å². The maximum atomic E-state index is 6.63. The average molecular weight is 352 g/mol. The van der Waals surface area contributed by atoms with Gasteiger partial charge in [0.05, 0.1) is 16.1 Å². The Bertz CT molecular complexity index is 807. The van der Waals surface area contributed by atoms with Crippen molar-refractivity contribution in [3.63, 3.8) is 0 Å². The van der Waals surface area contributed by atoms with Crippen LogP contribution in [-0.2, 0) is 7.05 Å². The van der Waals surface area contributed by atoms with Crippen molar-refractivity contribution in [3.8, 4) is 0 Å². The van der Waals surface area contributed by atoms with E-state index in [1.807, 2.05) is 23.4 Å². The maximum absolute atomic E-state index is 6.63. The number of benzene rings is 1. The standard InChI is InChI=1S/C16H18ClN3S2/c1-19-9-3-4-10(19)8-11(7-9)22-13-6-5-12-15(14(13)17)18-16(21)20(12)2/h3-6,9-11H,7-8H2,1-2H3,(H,18,21). The van der Waals surface area contributed by atoms with Gasteiger partial charge in [-0.15, -0.1) is 11.8 Å². The second-order valence-electron chi connectivity index (χ2n) is 6.16. The van der Waals surface area contributed by atoms with E-state index >= 15 is 0 Å². The highest BCUT2D eigenvalue weighted by Gasteiger charge is 2.35. The number of likely N-dealkylation sites (N-methyl/N-ethyl adjacent to an activating group) is 1. The Morgan fingerprint density at radius 1 is 1.23 bits per heavy atom. The molecule has 6 heteroatoms. The molecular formula is C16H18ClN3S2. The number of rotatable bonds is 2. The lowest BCUT2D eigenvalue weighted by Crippen LogP contribution is -2.41. The third-order valence-corrected chi connectivity index (χ3v) is 7.08. The molecule has 1 N–H and O–H groups in total. The SMILES string of the molecule is CN1C2C=CC1CC(Sc1ccc3c([nH]c(=S)n3C)c1Cl)C2. The molecule has 0 aliphatic carbocycles. The lowest BCUT2D eigenvalue weighted by Gasteiger charge is -2.36. The van der Waals surface area contributed by atoms with Gasteiger partial charge in [0, 0.05) is 29.3 Å². The number of aryl methyl sites for hydroxylation is 1. The van der Waals surface area contributed by atoms with Crippen LogP contribution in [0.4, 0.5) is 0 Å². The molecule has 0 amide bonds. The molecule has 116 valence electrons. The van der Waals surface area contributed by atoms with Crippen molar-refractivity contribution in [1.29, 1.82) is 0 Å². The van der Waals surface area contributed by atoms with E-state index in [0.29, 0.717) is 22.1 Å². The molecule has 0 saturated carbocycles. The Morgan fingerprint density at radius 2 is 1.91 bits per heavy atom. The van der Waals surface area contributed by atoms with Crippen molar-refractivity contribution in [2.45, 2.75) is 35.1 Å². The van der Waals surface area contributed by atoms with E-state index in [4.69, 9.17) is 23.8 Å². The van der Waals surface area contributed by atoms with Crippen molar-refractivity contribution in [1.82, 2.24) is 14.5 Å². The van der Waals surface area contributed by atoms with Crippen LogP contribution in [-0.4, -0.2) is 38.8 Å². The Balaban J connectivity index is 1.63. The molecule has 2 aliphatic heterocycles. The highest BCUT2D eigenvalue weighted by atomic mass is 35.5. The number of piperidine rings is 1. The fourth-order valence-electron chi connectivity index (χ4n) is 3.51. The summed E-state index contributed by atoms with van der Waals surface area (Å²) in [5, 5.41) is 1.41. The molecule has 3 heterocycles. The second-order valence-corrected chi connectivity index (χ2v) is 8.26. The summed E-state index contributed by atoms with van der Waals surface area (Å²) in [4.78, 5) is 6.84. The van der Waals surface area contributed by atoms with E-state index in [1.165, 1.54) is 12.8 Å². The fourth-order valence-corrected chi connectivity index (χ4v) is 5.35. The van der Waals surface area contributed by atoms with Gasteiger partial charge in [0.15, 0.2) is 4.77 Å². The normalized spacial score (nSPS) is 27.9. The van der Waals surface area contributed by atoms with Crippen molar-refractivity contribution >= 4 is 46.6 Å². The highest BCUT2D eigenvalue weighted by Crippen LogP contribution is 2.42. The van der Waals surface area contributed by atoms with Gasteiger partial charge in [0.2, 0.25) is 0 Å². The summed E-state index contributed by atoms with van der Waals surface area (Å²) in [5.74, 6) is 0. The van der Waals surface area contributed by atoms with Crippen LogP contribution in [0.2, 0.25) is 5.02 Å². The predicted molar refractivity (Wildman–Crippen MR) is 96.5 cm³/mol. The zero-order valence-electron chi connectivity index (χ0n) is 12.5. The van der Waals surface area contributed by atoms with E-state index in [2.05, 4.69) is 41.2 Å². The number of halogens is 1. The Kier molecular flexibility index (Phi) is 3.64. The van der Waals surface area contributed by atoms with Crippen molar-refractivity contribution < 1.29 is 0 Å². The number of thioether (sulfide) groups is 1. The molecule has 1 fully saturated rings. The van der Waals surface area contributed by atoms with Gasteiger partial charge in [-0.1, -0.05) is 23.8 Å². The first-order valence-corrected chi connectivity index (χ1v) is 9.15. The summed E-state index contributed by atoms with van der Waals surface area (Å²) in [7, 11) is 4.18. The van der Waals surface area contributed by atoms with Gasteiger partial charge in [-0.2, -0.15) is 0 Å². The van der Waals surface area contributed by atoms with Crippen LogP contribution in [0.1, 0.15) is 12.8 Å². The molecule has 2 bridgehead atoms. The molecule has 3 nitrogen and oxygen atoms in total. The molecule has 4 rings (SSSR count). The smallest absolute Gasteiger partial charge is 0.177 e. The molecule has 0 radical (unpaired) electrons. The fraction of sp³-hybridized carbons (Fsp3) is 0.438. The van der Waals surface area contributed by atoms with Gasteiger partial charge in [0.25, 0.3) is 0 Å². The van der Waals surface area contributed by atoms with Gasteiger partial charge in [-0.3, -0.25) is 4.90 Å². The summed E-state index contributed by atoms with van der Waals surface area (Å²) in [6, 6.07) is 5.41. The molecule has 2 unspecified atom stereocenters. The summed E-state index contributed by atoms with van der Waals surface area (Å²) in [5.41, 5.74) is 2.01. The van der Waals surface area contributed by atoms with Crippen LogP contribution >= 0.6 is 35.6 Å². The first kappa shape index (κ1) is 14.8. The van der Waals surface area contributed by atoms with Crippen LogP contribution in [0.25, 0.3) is 11.0 Å². The zero-order chi connectivity index (χ0) is 15.4. The second kappa shape index (κ2) is 5.41. The minimum Gasteiger partial charge on any atom is -0.329 e. The number of nitrogens with one attached hydrogen (secondary N) is 1. The minimum atomic E-state index is 0.585. The number of nitrogens with zero attached hydrogens (tertiary/aromatic N) is 2. The number of hydrogen-bond acceptors (Lipinski definition) is 3. The van der Waals surface area contributed by atoms with Crippen molar-refractivity contribution in [2.75, 3.05) is 7.05 Å². The first-order chi connectivity index (χ1) is 10.5. The lowest BCUT2D eigenvalue weighted by molar-refractivity contribution is 0.200. The van der Waals surface area contributed by atoms with E-state index in [9.17, 15) is 0 Å². The Hall–Kier alpha value is -0.750. The number of fused-ring (bicyclic) bond motifs is 3. The third-order valence-electron chi connectivity index (χ3n) is 4.89. The van der Waals surface area contributed by atoms with Crippen molar-refractivity contribution in [3.05, 3.63) is 34.1 Å². The lowest BCUT2D eigenvalue weighted by atomic mass is 10.0. The van der Waals surface area contributed by atoms with Crippen LogP contribution in [0.15, 0.2) is 29.2 Å². The molecule has 1 saturated heterocycles.